The number of aromatic hydroxyl groups is 1. The van der Waals surface area contributed by atoms with E-state index in [-0.39, 0.29) is 11.3 Å². The number of hydrogen-bond acceptors (Lipinski definition) is 3. The number of allylic oxidation sites excluding steroid dienone is 1. The molecule has 16 heavy (non-hydrogen) atoms. The molecule has 0 saturated carbocycles. The monoisotopic (exact) mass is 220 g/mol. The second-order valence-electron chi connectivity index (χ2n) is 3.44. The van der Waals surface area contributed by atoms with E-state index >= 15 is 0 Å². The van der Waals surface area contributed by atoms with Crippen LogP contribution in [-0.4, -0.2) is 5.11 Å². The lowest BCUT2D eigenvalue weighted by Crippen LogP contribution is -2.10. The van der Waals surface area contributed by atoms with Gasteiger partial charge in [-0.2, -0.15) is 5.26 Å². The molecule has 0 radical (unpaired) electrons. The minimum Gasteiger partial charge on any atom is -0.506 e. The maximum absolute atomic E-state index is 13.1. The highest BCUT2D eigenvalue weighted by Crippen LogP contribution is 2.30. The highest BCUT2D eigenvalue weighted by molar-refractivity contribution is 5.49. The van der Waals surface area contributed by atoms with E-state index in [2.05, 4.69) is 6.58 Å². The summed E-state index contributed by atoms with van der Waals surface area (Å²) in [6.07, 6.45) is 3.00. The number of benzene rings is 1. The number of nitrogens with two attached hydrogens (primary N) is 1. The quantitative estimate of drug-likeness (QED) is 0.765. The molecule has 84 valence electrons. The van der Waals surface area contributed by atoms with E-state index in [4.69, 9.17) is 11.0 Å². The lowest BCUT2D eigenvalue weighted by Gasteiger charge is -2.13. The molecular weight excluding hydrogens is 207 g/mol. The summed E-state index contributed by atoms with van der Waals surface area (Å²) in [6.45, 7) is 3.57. The van der Waals surface area contributed by atoms with Crippen molar-refractivity contribution in [1.82, 2.24) is 0 Å². The summed E-state index contributed by atoms with van der Waals surface area (Å²) in [5.41, 5.74) is 5.85. The molecule has 0 aliphatic carbocycles. The number of rotatable bonds is 4. The second-order valence-corrected chi connectivity index (χ2v) is 3.44. The van der Waals surface area contributed by atoms with Crippen LogP contribution in [-0.2, 0) is 0 Å². The fourth-order valence-corrected chi connectivity index (χ4v) is 1.44. The molecule has 1 atom stereocenters. The van der Waals surface area contributed by atoms with E-state index in [0.29, 0.717) is 18.4 Å². The molecule has 0 fully saturated rings. The Morgan fingerprint density at radius 2 is 2.31 bits per heavy atom. The molecule has 0 heterocycles. The molecule has 1 aromatic carbocycles. The van der Waals surface area contributed by atoms with Crippen molar-refractivity contribution in [2.24, 2.45) is 5.73 Å². The van der Waals surface area contributed by atoms with Gasteiger partial charge in [0, 0.05) is 11.6 Å². The van der Waals surface area contributed by atoms with Crippen molar-refractivity contribution in [3.63, 3.8) is 0 Å². The van der Waals surface area contributed by atoms with E-state index in [1.807, 2.05) is 0 Å². The number of phenols is 1. The van der Waals surface area contributed by atoms with Gasteiger partial charge in [0.15, 0.2) is 0 Å². The third-order valence-electron chi connectivity index (χ3n) is 2.35. The van der Waals surface area contributed by atoms with Gasteiger partial charge in [0.2, 0.25) is 0 Å². The normalized spacial score (nSPS) is 11.8. The largest absolute Gasteiger partial charge is 0.506 e. The minimum absolute atomic E-state index is 0.355. The summed E-state index contributed by atoms with van der Waals surface area (Å²) in [6, 6.07) is 3.73. The van der Waals surface area contributed by atoms with E-state index in [1.165, 1.54) is 6.07 Å². The standard InChI is InChI=1S/C12H13FN2O/c1-2-3-4-11(15)8-5-6-10(13)9(7-14)12(8)16/h2,5-6,11,16H,1,3-4,15H2/t11-/m0/s1. The molecule has 3 N–H and O–H groups in total. The minimum atomic E-state index is -0.736. The molecule has 0 bridgehead atoms. The first kappa shape index (κ1) is 12.2. The highest BCUT2D eigenvalue weighted by Gasteiger charge is 2.16. The molecule has 1 rings (SSSR count). The van der Waals surface area contributed by atoms with Crippen LogP contribution in [0.15, 0.2) is 24.8 Å². The Kier molecular flexibility index (Phi) is 4.03. The topological polar surface area (TPSA) is 70.0 Å². The van der Waals surface area contributed by atoms with Gasteiger partial charge in [-0.1, -0.05) is 12.1 Å². The first-order valence-corrected chi connectivity index (χ1v) is 4.89. The van der Waals surface area contributed by atoms with Gasteiger partial charge < -0.3 is 10.8 Å². The van der Waals surface area contributed by atoms with Crippen LogP contribution < -0.4 is 5.73 Å². The van der Waals surface area contributed by atoms with Crippen LogP contribution in [0.5, 0.6) is 5.75 Å². The summed E-state index contributed by atoms with van der Waals surface area (Å²) in [7, 11) is 0. The number of hydrogen-bond donors (Lipinski definition) is 2. The number of nitrogens with zero attached hydrogens (tertiary/aromatic N) is 1. The van der Waals surface area contributed by atoms with Crippen LogP contribution in [0.2, 0.25) is 0 Å². The first-order chi connectivity index (χ1) is 7.61. The Labute approximate surface area is 93.6 Å². The van der Waals surface area contributed by atoms with E-state index in [1.54, 1.807) is 12.1 Å². The van der Waals surface area contributed by atoms with Crippen LogP contribution in [0.4, 0.5) is 4.39 Å². The Hall–Kier alpha value is -1.86. The molecule has 1 aromatic rings. The Morgan fingerprint density at radius 1 is 1.62 bits per heavy atom. The first-order valence-electron chi connectivity index (χ1n) is 4.89. The summed E-state index contributed by atoms with van der Waals surface area (Å²) >= 11 is 0. The summed E-state index contributed by atoms with van der Waals surface area (Å²) in [5, 5.41) is 18.3. The van der Waals surface area contributed by atoms with Crippen LogP contribution in [0.3, 0.4) is 0 Å². The van der Waals surface area contributed by atoms with Gasteiger partial charge in [-0.15, -0.1) is 6.58 Å². The van der Waals surface area contributed by atoms with E-state index in [0.717, 1.165) is 6.07 Å². The number of phenolic OH excluding ortho intramolecular Hbond substituents is 1. The SMILES string of the molecule is C=CCC[C@H](N)c1ccc(F)c(C#N)c1O. The molecule has 0 aliphatic rings. The lowest BCUT2D eigenvalue weighted by atomic mass is 9.99. The molecule has 0 spiro atoms. The average Bonchev–Trinajstić information content (AvgIpc) is 2.26. The van der Waals surface area contributed by atoms with Gasteiger partial charge in [-0.25, -0.2) is 4.39 Å². The summed E-state index contributed by atoms with van der Waals surface area (Å²) in [5.74, 6) is -1.10. The number of nitriles is 1. The molecule has 4 heteroatoms. The summed E-state index contributed by atoms with van der Waals surface area (Å²) in [4.78, 5) is 0. The zero-order valence-corrected chi connectivity index (χ0v) is 8.78. The predicted molar refractivity (Wildman–Crippen MR) is 59.1 cm³/mol. The smallest absolute Gasteiger partial charge is 0.144 e. The summed E-state index contributed by atoms with van der Waals surface area (Å²) < 4.78 is 13.1. The van der Waals surface area contributed by atoms with Crippen molar-refractivity contribution in [3.8, 4) is 11.8 Å². The zero-order chi connectivity index (χ0) is 12.1. The van der Waals surface area contributed by atoms with Crippen LogP contribution in [0, 0.1) is 17.1 Å². The van der Waals surface area contributed by atoms with Crippen molar-refractivity contribution in [3.05, 3.63) is 41.7 Å². The lowest BCUT2D eigenvalue weighted by molar-refractivity contribution is 0.450. The molecule has 0 unspecified atom stereocenters. The van der Waals surface area contributed by atoms with E-state index < -0.39 is 11.9 Å². The van der Waals surface area contributed by atoms with Crippen molar-refractivity contribution >= 4 is 0 Å². The zero-order valence-electron chi connectivity index (χ0n) is 8.78. The van der Waals surface area contributed by atoms with Gasteiger partial charge in [0.25, 0.3) is 0 Å². The Balaban J connectivity index is 3.06. The van der Waals surface area contributed by atoms with Crippen molar-refractivity contribution in [2.75, 3.05) is 0 Å². The van der Waals surface area contributed by atoms with Gasteiger partial charge >= 0.3 is 0 Å². The maximum atomic E-state index is 13.1. The van der Waals surface area contributed by atoms with Crippen LogP contribution in [0.25, 0.3) is 0 Å². The average molecular weight is 220 g/mol. The third-order valence-corrected chi connectivity index (χ3v) is 2.35. The fraction of sp³-hybridized carbons (Fsp3) is 0.250. The second kappa shape index (κ2) is 5.29. The molecule has 3 nitrogen and oxygen atoms in total. The van der Waals surface area contributed by atoms with Crippen molar-refractivity contribution < 1.29 is 9.50 Å². The van der Waals surface area contributed by atoms with Crippen LogP contribution in [0.1, 0.15) is 30.0 Å². The third kappa shape index (κ3) is 2.38. The van der Waals surface area contributed by atoms with Gasteiger partial charge in [0.1, 0.15) is 23.2 Å². The molecule has 0 amide bonds. The van der Waals surface area contributed by atoms with Gasteiger partial charge in [-0.3, -0.25) is 0 Å². The van der Waals surface area contributed by atoms with Crippen molar-refractivity contribution in [1.29, 1.82) is 5.26 Å². The Morgan fingerprint density at radius 3 is 2.88 bits per heavy atom. The van der Waals surface area contributed by atoms with Crippen molar-refractivity contribution in [2.45, 2.75) is 18.9 Å². The highest BCUT2D eigenvalue weighted by atomic mass is 19.1. The Bertz CT molecular complexity index is 437. The molecule has 0 aromatic heterocycles. The number of halogens is 1. The maximum Gasteiger partial charge on any atom is 0.144 e. The van der Waals surface area contributed by atoms with Gasteiger partial charge in [0.05, 0.1) is 0 Å². The predicted octanol–water partition coefficient (Wildman–Crippen LogP) is 2.37. The molecule has 0 saturated heterocycles. The fourth-order valence-electron chi connectivity index (χ4n) is 1.44. The van der Waals surface area contributed by atoms with Crippen LogP contribution >= 0.6 is 0 Å². The molecular formula is C12H13FN2O. The molecule has 0 aliphatic heterocycles. The van der Waals surface area contributed by atoms with E-state index in [9.17, 15) is 9.50 Å². The van der Waals surface area contributed by atoms with Gasteiger partial charge in [-0.05, 0) is 18.9 Å².